The largest absolute Gasteiger partial charge is 0.379 e. The third-order valence-electron chi connectivity index (χ3n) is 4.76. The standard InChI is InChI=1S/C19H22FN5O2S/c20-15-3-1-14(2-4-15)5-6-25-17-16(13-21-25)18(26)23-19(22-17)28-12-9-24-7-10-27-11-8-24/h1-4,13H,5-12H2,(H,22,23,26). The van der Waals surface area contributed by atoms with Gasteiger partial charge in [0.25, 0.3) is 5.56 Å². The van der Waals surface area contributed by atoms with Gasteiger partial charge in [0, 0.05) is 31.9 Å². The molecule has 0 spiro atoms. The number of thioether (sulfide) groups is 1. The molecule has 0 amide bonds. The predicted octanol–water partition coefficient (Wildman–Crippen LogP) is 1.93. The number of rotatable bonds is 7. The van der Waals surface area contributed by atoms with Crippen LogP contribution in [0.15, 0.2) is 40.4 Å². The van der Waals surface area contributed by atoms with E-state index in [2.05, 4.69) is 20.0 Å². The maximum Gasteiger partial charge on any atom is 0.262 e. The van der Waals surface area contributed by atoms with Gasteiger partial charge in [-0.05, 0) is 24.1 Å². The molecule has 0 radical (unpaired) electrons. The maximum absolute atomic E-state index is 13.0. The van der Waals surface area contributed by atoms with E-state index in [1.54, 1.807) is 23.0 Å². The molecule has 1 aliphatic rings. The number of aromatic amines is 1. The van der Waals surface area contributed by atoms with E-state index < -0.39 is 0 Å². The lowest BCUT2D eigenvalue weighted by molar-refractivity contribution is 0.0410. The Balaban J connectivity index is 1.43. The zero-order valence-corrected chi connectivity index (χ0v) is 16.3. The molecule has 1 N–H and O–H groups in total. The molecule has 1 fully saturated rings. The molecular weight excluding hydrogens is 381 g/mol. The Morgan fingerprint density at radius 3 is 2.75 bits per heavy atom. The third kappa shape index (κ3) is 4.60. The first-order valence-corrected chi connectivity index (χ1v) is 10.3. The van der Waals surface area contributed by atoms with Crippen LogP contribution in [0.4, 0.5) is 4.39 Å². The highest BCUT2D eigenvalue weighted by Gasteiger charge is 2.13. The molecule has 0 unspecified atom stereocenters. The third-order valence-corrected chi connectivity index (χ3v) is 5.61. The van der Waals surface area contributed by atoms with Crippen LogP contribution >= 0.6 is 11.8 Å². The summed E-state index contributed by atoms with van der Waals surface area (Å²) >= 11 is 1.54. The van der Waals surface area contributed by atoms with E-state index in [1.807, 2.05) is 0 Å². The Bertz CT molecular complexity index is 982. The smallest absolute Gasteiger partial charge is 0.262 e. The zero-order valence-electron chi connectivity index (χ0n) is 15.4. The van der Waals surface area contributed by atoms with Crippen molar-refractivity contribution >= 4 is 22.8 Å². The summed E-state index contributed by atoms with van der Waals surface area (Å²) in [5.41, 5.74) is 1.42. The number of aryl methyl sites for hydroxylation is 2. The van der Waals surface area contributed by atoms with Gasteiger partial charge >= 0.3 is 0 Å². The van der Waals surface area contributed by atoms with E-state index >= 15 is 0 Å². The molecule has 148 valence electrons. The van der Waals surface area contributed by atoms with Gasteiger partial charge in [0.15, 0.2) is 10.8 Å². The van der Waals surface area contributed by atoms with Crippen molar-refractivity contribution in [2.24, 2.45) is 0 Å². The summed E-state index contributed by atoms with van der Waals surface area (Å²) < 4.78 is 20.1. The highest BCUT2D eigenvalue weighted by molar-refractivity contribution is 7.99. The van der Waals surface area contributed by atoms with Crippen LogP contribution in [0, 0.1) is 5.82 Å². The molecule has 1 saturated heterocycles. The van der Waals surface area contributed by atoms with Crippen LogP contribution in [-0.2, 0) is 17.7 Å². The summed E-state index contributed by atoms with van der Waals surface area (Å²) in [5, 5.41) is 5.40. The van der Waals surface area contributed by atoms with Gasteiger partial charge in [-0.2, -0.15) is 5.10 Å². The number of morpholine rings is 1. The summed E-state index contributed by atoms with van der Waals surface area (Å²) in [6.45, 7) is 4.94. The SMILES string of the molecule is O=c1[nH]c(SCCN2CCOCC2)nc2c1cnn2CCc1ccc(F)cc1. The Labute approximate surface area is 165 Å². The van der Waals surface area contributed by atoms with E-state index in [0.717, 1.165) is 44.2 Å². The van der Waals surface area contributed by atoms with Crippen LogP contribution in [0.1, 0.15) is 5.56 Å². The van der Waals surface area contributed by atoms with E-state index in [-0.39, 0.29) is 11.4 Å². The normalized spacial score (nSPS) is 15.3. The summed E-state index contributed by atoms with van der Waals surface area (Å²) in [6, 6.07) is 6.41. The molecule has 0 atom stereocenters. The maximum atomic E-state index is 13.0. The number of hydrogen-bond donors (Lipinski definition) is 1. The molecule has 0 bridgehead atoms. The first-order valence-electron chi connectivity index (χ1n) is 9.32. The average molecular weight is 403 g/mol. The molecule has 3 aromatic rings. The van der Waals surface area contributed by atoms with Gasteiger partial charge < -0.3 is 9.72 Å². The van der Waals surface area contributed by atoms with Crippen LogP contribution in [0.2, 0.25) is 0 Å². The molecule has 0 saturated carbocycles. The Morgan fingerprint density at radius 1 is 1.18 bits per heavy atom. The van der Waals surface area contributed by atoms with Crippen molar-refractivity contribution in [1.29, 1.82) is 0 Å². The summed E-state index contributed by atoms with van der Waals surface area (Å²) in [4.78, 5) is 22.2. The lowest BCUT2D eigenvalue weighted by atomic mass is 10.1. The fourth-order valence-electron chi connectivity index (χ4n) is 3.16. The number of nitrogens with zero attached hydrogens (tertiary/aromatic N) is 4. The highest BCUT2D eigenvalue weighted by Crippen LogP contribution is 2.16. The Hall–Kier alpha value is -2.23. The Kier molecular flexibility index (Phi) is 6.04. The summed E-state index contributed by atoms with van der Waals surface area (Å²) in [7, 11) is 0. The van der Waals surface area contributed by atoms with Crippen molar-refractivity contribution < 1.29 is 9.13 Å². The van der Waals surface area contributed by atoms with Crippen LogP contribution < -0.4 is 5.56 Å². The number of benzene rings is 1. The second kappa shape index (κ2) is 8.85. The molecule has 0 aliphatic carbocycles. The second-order valence-corrected chi connectivity index (χ2v) is 7.74. The van der Waals surface area contributed by atoms with Crippen molar-refractivity contribution in [2.75, 3.05) is 38.6 Å². The molecule has 1 aliphatic heterocycles. The van der Waals surface area contributed by atoms with Crippen molar-refractivity contribution in [2.45, 2.75) is 18.1 Å². The number of halogens is 1. The fourth-order valence-corrected chi connectivity index (χ4v) is 4.02. The van der Waals surface area contributed by atoms with Crippen LogP contribution in [0.25, 0.3) is 11.0 Å². The van der Waals surface area contributed by atoms with Gasteiger partial charge in [-0.1, -0.05) is 23.9 Å². The van der Waals surface area contributed by atoms with E-state index in [1.165, 1.54) is 23.9 Å². The Morgan fingerprint density at radius 2 is 1.96 bits per heavy atom. The number of nitrogens with one attached hydrogen (secondary N) is 1. The molecule has 9 heteroatoms. The topological polar surface area (TPSA) is 76.0 Å². The predicted molar refractivity (Wildman–Crippen MR) is 106 cm³/mol. The van der Waals surface area contributed by atoms with Gasteiger partial charge in [-0.25, -0.2) is 14.1 Å². The lowest BCUT2D eigenvalue weighted by Gasteiger charge is -2.26. The molecule has 2 aromatic heterocycles. The van der Waals surface area contributed by atoms with Crippen LogP contribution in [-0.4, -0.2) is 63.2 Å². The van der Waals surface area contributed by atoms with Crippen molar-refractivity contribution in [3.05, 3.63) is 52.2 Å². The first kappa shape index (κ1) is 19.1. The first-order chi connectivity index (χ1) is 13.7. The number of H-pyrrole nitrogens is 1. The number of hydrogen-bond acceptors (Lipinski definition) is 6. The molecule has 28 heavy (non-hydrogen) atoms. The van der Waals surface area contributed by atoms with E-state index in [0.29, 0.717) is 29.2 Å². The minimum absolute atomic E-state index is 0.174. The molecule has 4 rings (SSSR count). The van der Waals surface area contributed by atoms with Crippen LogP contribution in [0.5, 0.6) is 0 Å². The van der Waals surface area contributed by atoms with Crippen molar-refractivity contribution in [3.8, 4) is 0 Å². The van der Waals surface area contributed by atoms with Gasteiger partial charge in [-0.3, -0.25) is 9.69 Å². The van der Waals surface area contributed by atoms with Crippen LogP contribution in [0.3, 0.4) is 0 Å². The monoisotopic (exact) mass is 403 g/mol. The highest BCUT2D eigenvalue weighted by atomic mass is 32.2. The van der Waals surface area contributed by atoms with Gasteiger partial charge in [0.2, 0.25) is 0 Å². The summed E-state index contributed by atoms with van der Waals surface area (Å²) in [6.07, 6.45) is 2.24. The second-order valence-electron chi connectivity index (χ2n) is 6.66. The van der Waals surface area contributed by atoms with Crippen molar-refractivity contribution in [1.82, 2.24) is 24.6 Å². The summed E-state index contributed by atoms with van der Waals surface area (Å²) in [5.74, 6) is 0.596. The van der Waals surface area contributed by atoms with Crippen molar-refractivity contribution in [3.63, 3.8) is 0 Å². The van der Waals surface area contributed by atoms with E-state index in [4.69, 9.17) is 4.74 Å². The quantitative estimate of drug-likeness (QED) is 0.480. The minimum atomic E-state index is -0.250. The number of ether oxygens (including phenoxy) is 1. The zero-order chi connectivity index (χ0) is 19.3. The minimum Gasteiger partial charge on any atom is -0.379 e. The van der Waals surface area contributed by atoms with Gasteiger partial charge in [0.1, 0.15) is 11.2 Å². The molecule has 3 heterocycles. The molecular formula is C19H22FN5O2S. The van der Waals surface area contributed by atoms with E-state index in [9.17, 15) is 9.18 Å². The van der Waals surface area contributed by atoms with Gasteiger partial charge in [-0.15, -0.1) is 0 Å². The number of fused-ring (bicyclic) bond motifs is 1. The average Bonchev–Trinajstić information content (AvgIpc) is 3.12. The van der Waals surface area contributed by atoms with Gasteiger partial charge in [0.05, 0.1) is 19.4 Å². The number of aromatic nitrogens is 4. The molecule has 1 aromatic carbocycles. The fraction of sp³-hybridized carbons (Fsp3) is 0.421. The lowest BCUT2D eigenvalue weighted by Crippen LogP contribution is -2.37. The molecule has 7 nitrogen and oxygen atoms in total.